The zero-order chi connectivity index (χ0) is 22.7. The highest BCUT2D eigenvalue weighted by molar-refractivity contribution is 7.89. The van der Waals surface area contributed by atoms with Crippen molar-refractivity contribution in [3.8, 4) is 0 Å². The molecule has 0 atom stereocenters. The van der Waals surface area contributed by atoms with Crippen molar-refractivity contribution in [1.29, 1.82) is 0 Å². The maximum Gasteiger partial charge on any atom is 0.257 e. The number of anilines is 2. The molecule has 10 heteroatoms. The quantitative estimate of drug-likeness (QED) is 0.667. The van der Waals surface area contributed by atoms with E-state index in [-0.39, 0.29) is 33.6 Å². The lowest BCUT2D eigenvalue weighted by Crippen LogP contribution is -2.40. The number of rotatable bonds is 5. The standard InChI is InChI=1S/C22H25Cl2N3O4S/c23-17-15-18(24)21(32(29,30)27-10-12-31-13-11-27)14-16(17)22(28)25-19-6-2-3-7-20(19)26-8-4-1-5-9-26/h2-3,6-7,14-15H,1,4-5,8-13H2,(H,25,28). The van der Waals surface area contributed by atoms with Crippen LogP contribution in [0.2, 0.25) is 10.0 Å². The average molecular weight is 498 g/mol. The van der Waals surface area contributed by atoms with E-state index in [0.29, 0.717) is 18.9 Å². The van der Waals surface area contributed by atoms with Crippen LogP contribution in [0.5, 0.6) is 0 Å². The summed E-state index contributed by atoms with van der Waals surface area (Å²) in [6.45, 7) is 2.93. The largest absolute Gasteiger partial charge is 0.379 e. The van der Waals surface area contributed by atoms with Gasteiger partial charge in [-0.05, 0) is 43.5 Å². The molecule has 7 nitrogen and oxygen atoms in total. The fourth-order valence-electron chi connectivity index (χ4n) is 4.01. The maximum absolute atomic E-state index is 13.2. The van der Waals surface area contributed by atoms with Gasteiger partial charge >= 0.3 is 0 Å². The van der Waals surface area contributed by atoms with Crippen molar-refractivity contribution in [1.82, 2.24) is 4.31 Å². The van der Waals surface area contributed by atoms with E-state index >= 15 is 0 Å². The predicted octanol–water partition coefficient (Wildman–Crippen LogP) is 4.26. The highest BCUT2D eigenvalue weighted by Crippen LogP contribution is 2.33. The molecule has 0 aliphatic carbocycles. The Kier molecular flexibility index (Phi) is 7.27. The number of morpholine rings is 1. The van der Waals surface area contributed by atoms with Crippen LogP contribution in [-0.4, -0.2) is 58.0 Å². The van der Waals surface area contributed by atoms with Crippen LogP contribution in [0.15, 0.2) is 41.3 Å². The lowest BCUT2D eigenvalue weighted by Gasteiger charge is -2.30. The van der Waals surface area contributed by atoms with Gasteiger partial charge in [-0.15, -0.1) is 0 Å². The summed E-state index contributed by atoms with van der Waals surface area (Å²) in [6, 6.07) is 10.1. The van der Waals surface area contributed by atoms with Gasteiger partial charge < -0.3 is 15.0 Å². The second-order valence-electron chi connectivity index (χ2n) is 7.80. The van der Waals surface area contributed by atoms with Gasteiger partial charge in [0.2, 0.25) is 10.0 Å². The van der Waals surface area contributed by atoms with Crippen molar-refractivity contribution in [3.63, 3.8) is 0 Å². The van der Waals surface area contributed by atoms with Gasteiger partial charge in [-0.1, -0.05) is 35.3 Å². The average Bonchev–Trinajstić information content (AvgIpc) is 2.80. The van der Waals surface area contributed by atoms with Crippen molar-refractivity contribution >= 4 is 50.5 Å². The van der Waals surface area contributed by atoms with Gasteiger partial charge in [0.05, 0.1) is 40.2 Å². The number of sulfonamides is 1. The van der Waals surface area contributed by atoms with E-state index in [1.807, 2.05) is 24.3 Å². The molecule has 0 unspecified atom stereocenters. The van der Waals surface area contributed by atoms with Gasteiger partial charge in [0, 0.05) is 26.2 Å². The Morgan fingerprint density at radius 1 is 0.938 bits per heavy atom. The molecule has 1 amide bonds. The van der Waals surface area contributed by atoms with Crippen molar-refractivity contribution in [2.24, 2.45) is 0 Å². The monoisotopic (exact) mass is 497 g/mol. The van der Waals surface area contributed by atoms with Gasteiger partial charge in [-0.3, -0.25) is 4.79 Å². The molecule has 0 saturated carbocycles. The summed E-state index contributed by atoms with van der Waals surface area (Å²) in [5.41, 5.74) is 1.64. The second-order valence-corrected chi connectivity index (χ2v) is 10.5. The molecule has 0 spiro atoms. The van der Waals surface area contributed by atoms with E-state index in [1.54, 1.807) is 0 Å². The van der Waals surface area contributed by atoms with Gasteiger partial charge in [0.25, 0.3) is 5.91 Å². The molecule has 2 heterocycles. The van der Waals surface area contributed by atoms with E-state index in [9.17, 15) is 13.2 Å². The Hall–Kier alpha value is -1.84. The van der Waals surface area contributed by atoms with Crippen LogP contribution < -0.4 is 10.2 Å². The first-order valence-corrected chi connectivity index (χ1v) is 12.8. The zero-order valence-corrected chi connectivity index (χ0v) is 19.8. The van der Waals surface area contributed by atoms with E-state index in [0.717, 1.165) is 31.6 Å². The fourth-order valence-corrected chi connectivity index (χ4v) is 6.25. The van der Waals surface area contributed by atoms with Crippen LogP contribution in [0.25, 0.3) is 0 Å². The Morgan fingerprint density at radius 2 is 1.62 bits per heavy atom. The molecular formula is C22H25Cl2N3O4S. The molecule has 2 aromatic carbocycles. The van der Waals surface area contributed by atoms with Crippen LogP contribution in [-0.2, 0) is 14.8 Å². The molecule has 0 aromatic heterocycles. The number of hydrogen-bond acceptors (Lipinski definition) is 5. The molecule has 172 valence electrons. The van der Waals surface area contributed by atoms with Crippen molar-refractivity contribution in [3.05, 3.63) is 52.0 Å². The van der Waals surface area contributed by atoms with Gasteiger partial charge in [-0.2, -0.15) is 4.31 Å². The molecule has 2 saturated heterocycles. The first kappa shape index (κ1) is 23.3. The van der Waals surface area contributed by atoms with Crippen molar-refractivity contribution in [2.75, 3.05) is 49.6 Å². The van der Waals surface area contributed by atoms with Crippen molar-refractivity contribution < 1.29 is 17.9 Å². The first-order valence-electron chi connectivity index (χ1n) is 10.6. The molecule has 2 aromatic rings. The predicted molar refractivity (Wildman–Crippen MR) is 126 cm³/mol. The molecule has 2 aliphatic rings. The van der Waals surface area contributed by atoms with E-state index in [2.05, 4.69) is 10.2 Å². The zero-order valence-electron chi connectivity index (χ0n) is 17.5. The van der Waals surface area contributed by atoms with Crippen LogP contribution in [0.1, 0.15) is 29.6 Å². The molecule has 4 rings (SSSR count). The summed E-state index contributed by atoms with van der Waals surface area (Å²) in [7, 11) is -3.89. The third-order valence-electron chi connectivity index (χ3n) is 5.70. The summed E-state index contributed by atoms with van der Waals surface area (Å²) in [4.78, 5) is 15.3. The molecule has 1 N–H and O–H groups in total. The summed E-state index contributed by atoms with van der Waals surface area (Å²) in [5, 5.41) is 2.97. The smallest absolute Gasteiger partial charge is 0.257 e. The molecule has 32 heavy (non-hydrogen) atoms. The number of para-hydroxylation sites is 2. The normalized spacial score (nSPS) is 17.9. The minimum absolute atomic E-state index is 0.0215. The third-order valence-corrected chi connectivity index (χ3v) is 8.38. The number of piperidine rings is 1. The summed E-state index contributed by atoms with van der Waals surface area (Å²) >= 11 is 12.5. The number of carbonyl (C=O) groups is 1. The first-order chi connectivity index (χ1) is 15.4. The Labute approximate surface area is 198 Å². The van der Waals surface area contributed by atoms with Gasteiger partial charge in [-0.25, -0.2) is 8.42 Å². The van der Waals surface area contributed by atoms with E-state index in [1.165, 1.54) is 22.9 Å². The number of carbonyl (C=O) groups excluding carboxylic acids is 1. The third kappa shape index (κ3) is 4.89. The number of hydrogen-bond donors (Lipinski definition) is 1. The molecule has 0 bridgehead atoms. The highest BCUT2D eigenvalue weighted by atomic mass is 35.5. The van der Waals surface area contributed by atoms with Gasteiger partial charge in [0.1, 0.15) is 4.90 Å². The van der Waals surface area contributed by atoms with Crippen LogP contribution in [0, 0.1) is 0 Å². The molecule has 2 fully saturated rings. The molecule has 0 radical (unpaired) electrons. The van der Waals surface area contributed by atoms with E-state index < -0.39 is 15.9 Å². The highest BCUT2D eigenvalue weighted by Gasteiger charge is 2.30. The number of benzene rings is 2. The summed E-state index contributed by atoms with van der Waals surface area (Å²) in [6.07, 6.45) is 3.41. The topological polar surface area (TPSA) is 79.0 Å². The van der Waals surface area contributed by atoms with Crippen LogP contribution in [0.3, 0.4) is 0 Å². The Morgan fingerprint density at radius 3 is 2.34 bits per heavy atom. The number of nitrogens with zero attached hydrogens (tertiary/aromatic N) is 2. The lowest BCUT2D eigenvalue weighted by molar-refractivity contribution is 0.0730. The minimum atomic E-state index is -3.89. The second kappa shape index (κ2) is 9.97. The number of halogens is 2. The Balaban J connectivity index is 1.63. The van der Waals surface area contributed by atoms with Crippen molar-refractivity contribution in [2.45, 2.75) is 24.2 Å². The molecule has 2 aliphatic heterocycles. The fraction of sp³-hybridized carbons (Fsp3) is 0.409. The number of ether oxygens (including phenoxy) is 1. The Bertz CT molecular complexity index is 1100. The van der Waals surface area contributed by atoms with Gasteiger partial charge in [0.15, 0.2) is 0 Å². The van der Waals surface area contributed by atoms with E-state index in [4.69, 9.17) is 27.9 Å². The summed E-state index contributed by atoms with van der Waals surface area (Å²) < 4.78 is 32.8. The SMILES string of the molecule is O=C(Nc1ccccc1N1CCCCC1)c1cc(S(=O)(=O)N2CCOCC2)c(Cl)cc1Cl. The maximum atomic E-state index is 13.2. The number of amides is 1. The lowest BCUT2D eigenvalue weighted by atomic mass is 10.1. The summed E-state index contributed by atoms with van der Waals surface area (Å²) in [5.74, 6) is -0.491. The number of nitrogens with one attached hydrogen (secondary N) is 1. The van der Waals surface area contributed by atoms with Crippen LogP contribution in [0.4, 0.5) is 11.4 Å². The van der Waals surface area contributed by atoms with Crippen LogP contribution >= 0.6 is 23.2 Å². The minimum Gasteiger partial charge on any atom is -0.379 e. The molecular weight excluding hydrogens is 473 g/mol.